The summed E-state index contributed by atoms with van der Waals surface area (Å²) >= 11 is 0. The zero-order chi connectivity index (χ0) is 13.1. The summed E-state index contributed by atoms with van der Waals surface area (Å²) in [6, 6.07) is 0. The van der Waals surface area contributed by atoms with Crippen molar-refractivity contribution in [2.75, 3.05) is 6.54 Å². The monoisotopic (exact) mass is 249 g/mol. The molecule has 0 aromatic rings. The smallest absolute Gasteiger partial charge is 0.248 e. The van der Waals surface area contributed by atoms with Crippen LogP contribution in [0.3, 0.4) is 0 Å². The molecule has 2 N–H and O–H groups in total. The average Bonchev–Trinajstić information content (AvgIpc) is 2.26. The van der Waals surface area contributed by atoms with Crippen LogP contribution in [0.2, 0.25) is 0 Å². The lowest BCUT2D eigenvalue weighted by Crippen LogP contribution is -2.43. The molecule has 0 aromatic carbocycles. The molecule has 5 heteroatoms. The summed E-state index contributed by atoms with van der Waals surface area (Å²) in [5.41, 5.74) is -0.922. The highest BCUT2D eigenvalue weighted by Crippen LogP contribution is 2.36. The van der Waals surface area contributed by atoms with Gasteiger partial charge in [-0.05, 0) is 26.2 Å². The Morgan fingerprint density at radius 3 is 2.47 bits per heavy atom. The van der Waals surface area contributed by atoms with Gasteiger partial charge in [-0.2, -0.15) is 0 Å². The Morgan fingerprint density at radius 2 is 2.00 bits per heavy atom. The molecule has 17 heavy (non-hydrogen) atoms. The van der Waals surface area contributed by atoms with Crippen molar-refractivity contribution >= 4 is 5.91 Å². The van der Waals surface area contributed by atoms with Crippen molar-refractivity contribution in [3.8, 4) is 0 Å². The minimum absolute atomic E-state index is 0.176. The predicted molar refractivity (Wildman–Crippen MR) is 60.8 cm³/mol. The van der Waals surface area contributed by atoms with E-state index >= 15 is 0 Å². The molecule has 1 fully saturated rings. The van der Waals surface area contributed by atoms with E-state index in [0.29, 0.717) is 6.42 Å². The van der Waals surface area contributed by atoms with Crippen LogP contribution in [0.25, 0.3) is 0 Å². The van der Waals surface area contributed by atoms with Crippen molar-refractivity contribution in [2.24, 2.45) is 5.92 Å². The summed E-state index contributed by atoms with van der Waals surface area (Å²) in [5, 5.41) is 12.4. The lowest BCUT2D eigenvalue weighted by molar-refractivity contribution is -0.130. The van der Waals surface area contributed by atoms with Crippen molar-refractivity contribution in [2.45, 2.75) is 57.5 Å². The Bertz CT molecular complexity index is 270. The third-order valence-corrected chi connectivity index (χ3v) is 3.49. The maximum atomic E-state index is 12.9. The van der Waals surface area contributed by atoms with Crippen LogP contribution in [0.15, 0.2) is 0 Å². The standard InChI is InChI=1S/C12H21F2NO2/c1-3-11(2,17)8-15-10(16)9-4-6-12(13,14)7-5-9/h9,17H,3-8H2,1-2H3,(H,15,16). The molecule has 1 unspecified atom stereocenters. The maximum absolute atomic E-state index is 12.9. The maximum Gasteiger partial charge on any atom is 0.248 e. The van der Waals surface area contributed by atoms with Crippen molar-refractivity contribution < 1.29 is 18.7 Å². The Labute approximate surface area is 101 Å². The summed E-state index contributed by atoms with van der Waals surface area (Å²) in [7, 11) is 0. The molecule has 0 saturated heterocycles. The van der Waals surface area contributed by atoms with E-state index in [2.05, 4.69) is 5.32 Å². The van der Waals surface area contributed by atoms with Gasteiger partial charge in [0.1, 0.15) is 0 Å². The molecule has 0 bridgehead atoms. The van der Waals surface area contributed by atoms with Crippen molar-refractivity contribution in [3.05, 3.63) is 0 Å². The van der Waals surface area contributed by atoms with Gasteiger partial charge in [-0.25, -0.2) is 8.78 Å². The number of aliphatic hydroxyl groups is 1. The number of amides is 1. The number of hydrogen-bond donors (Lipinski definition) is 2. The van der Waals surface area contributed by atoms with Gasteiger partial charge in [-0.1, -0.05) is 6.92 Å². The SMILES string of the molecule is CCC(C)(O)CNC(=O)C1CCC(F)(F)CC1. The number of carbonyl (C=O) groups excluding carboxylic acids is 1. The van der Waals surface area contributed by atoms with Gasteiger partial charge in [0.05, 0.1) is 5.60 Å². The molecule has 0 aromatic heterocycles. The molecular weight excluding hydrogens is 228 g/mol. The molecule has 3 nitrogen and oxygen atoms in total. The Balaban J connectivity index is 2.35. The second-order valence-electron chi connectivity index (χ2n) is 5.20. The fourth-order valence-electron chi connectivity index (χ4n) is 1.85. The van der Waals surface area contributed by atoms with Crippen LogP contribution in [0.5, 0.6) is 0 Å². The molecule has 1 aliphatic rings. The number of hydrogen-bond acceptors (Lipinski definition) is 2. The second-order valence-corrected chi connectivity index (χ2v) is 5.20. The highest BCUT2D eigenvalue weighted by molar-refractivity contribution is 5.78. The van der Waals surface area contributed by atoms with Gasteiger partial charge in [0.2, 0.25) is 11.8 Å². The zero-order valence-corrected chi connectivity index (χ0v) is 10.4. The summed E-state index contributed by atoms with van der Waals surface area (Å²) in [5.74, 6) is -3.15. The zero-order valence-electron chi connectivity index (χ0n) is 10.4. The summed E-state index contributed by atoms with van der Waals surface area (Å²) in [6.07, 6.45) is 0.570. The van der Waals surface area contributed by atoms with E-state index < -0.39 is 11.5 Å². The largest absolute Gasteiger partial charge is 0.388 e. The van der Waals surface area contributed by atoms with Gasteiger partial charge in [-0.15, -0.1) is 0 Å². The van der Waals surface area contributed by atoms with E-state index in [4.69, 9.17) is 0 Å². The first kappa shape index (κ1) is 14.4. The summed E-state index contributed by atoms with van der Waals surface area (Å²) in [4.78, 5) is 11.7. The molecule has 0 spiro atoms. The quantitative estimate of drug-likeness (QED) is 0.801. The third-order valence-electron chi connectivity index (χ3n) is 3.49. The molecule has 1 amide bonds. The molecule has 1 saturated carbocycles. The van der Waals surface area contributed by atoms with Crippen LogP contribution in [-0.4, -0.2) is 29.1 Å². The number of carbonyl (C=O) groups is 1. The molecule has 0 radical (unpaired) electrons. The summed E-state index contributed by atoms with van der Waals surface area (Å²) < 4.78 is 25.8. The number of alkyl halides is 2. The van der Waals surface area contributed by atoms with E-state index in [1.807, 2.05) is 6.92 Å². The van der Waals surface area contributed by atoms with Crippen molar-refractivity contribution in [1.82, 2.24) is 5.32 Å². The van der Waals surface area contributed by atoms with Crippen LogP contribution in [0.1, 0.15) is 46.0 Å². The van der Waals surface area contributed by atoms with Gasteiger partial charge < -0.3 is 10.4 Å². The van der Waals surface area contributed by atoms with E-state index in [-0.39, 0.29) is 44.1 Å². The minimum Gasteiger partial charge on any atom is -0.388 e. The van der Waals surface area contributed by atoms with E-state index in [1.165, 1.54) is 0 Å². The van der Waals surface area contributed by atoms with Gasteiger partial charge in [0.15, 0.2) is 0 Å². The summed E-state index contributed by atoms with van der Waals surface area (Å²) in [6.45, 7) is 3.64. The lowest BCUT2D eigenvalue weighted by Gasteiger charge is -2.29. The molecule has 0 aliphatic heterocycles. The van der Waals surface area contributed by atoms with Gasteiger partial charge in [-0.3, -0.25) is 4.79 Å². The van der Waals surface area contributed by atoms with Gasteiger partial charge >= 0.3 is 0 Å². The molecule has 1 aliphatic carbocycles. The van der Waals surface area contributed by atoms with Crippen LogP contribution < -0.4 is 5.32 Å². The van der Waals surface area contributed by atoms with Gasteiger partial charge in [0, 0.05) is 25.3 Å². The Kier molecular flexibility index (Phi) is 4.47. The van der Waals surface area contributed by atoms with Crippen molar-refractivity contribution in [3.63, 3.8) is 0 Å². The molecule has 0 heterocycles. The fraction of sp³-hybridized carbons (Fsp3) is 0.917. The van der Waals surface area contributed by atoms with Gasteiger partial charge in [0.25, 0.3) is 0 Å². The van der Waals surface area contributed by atoms with Crippen LogP contribution in [-0.2, 0) is 4.79 Å². The molecule has 1 rings (SSSR count). The first-order valence-electron chi connectivity index (χ1n) is 6.14. The van der Waals surface area contributed by atoms with Crippen LogP contribution in [0, 0.1) is 5.92 Å². The predicted octanol–water partition coefficient (Wildman–Crippen LogP) is 2.09. The fourth-order valence-corrected chi connectivity index (χ4v) is 1.85. The van der Waals surface area contributed by atoms with E-state index in [1.54, 1.807) is 6.92 Å². The second kappa shape index (κ2) is 5.29. The molecule has 100 valence electrons. The molecule has 1 atom stereocenters. The Hall–Kier alpha value is -0.710. The number of halogens is 2. The normalized spacial score (nSPS) is 24.1. The van der Waals surface area contributed by atoms with Crippen LogP contribution >= 0.6 is 0 Å². The average molecular weight is 249 g/mol. The first-order chi connectivity index (χ1) is 7.76. The lowest BCUT2D eigenvalue weighted by atomic mass is 9.86. The molecular formula is C12H21F2NO2. The minimum atomic E-state index is -2.61. The highest BCUT2D eigenvalue weighted by atomic mass is 19.3. The van der Waals surface area contributed by atoms with E-state index in [0.717, 1.165) is 0 Å². The van der Waals surface area contributed by atoms with Crippen molar-refractivity contribution in [1.29, 1.82) is 0 Å². The highest BCUT2D eigenvalue weighted by Gasteiger charge is 2.37. The number of rotatable bonds is 4. The van der Waals surface area contributed by atoms with Crippen LogP contribution in [0.4, 0.5) is 8.78 Å². The Morgan fingerprint density at radius 1 is 1.47 bits per heavy atom. The number of nitrogens with one attached hydrogen (secondary N) is 1. The first-order valence-corrected chi connectivity index (χ1v) is 6.14. The third kappa shape index (κ3) is 4.58. The van der Waals surface area contributed by atoms with E-state index in [9.17, 15) is 18.7 Å². The topological polar surface area (TPSA) is 49.3 Å².